The molecule has 0 radical (unpaired) electrons. The van der Waals surface area contributed by atoms with E-state index in [1.54, 1.807) is 41.0 Å². The maximum absolute atomic E-state index is 12.5. The van der Waals surface area contributed by atoms with Gasteiger partial charge in [-0.25, -0.2) is 14.1 Å². The fourth-order valence-electron chi connectivity index (χ4n) is 5.48. The van der Waals surface area contributed by atoms with Gasteiger partial charge in [-0.15, -0.1) is 0 Å². The van der Waals surface area contributed by atoms with E-state index < -0.39 is 54.8 Å². The highest BCUT2D eigenvalue weighted by molar-refractivity contribution is 7.64. The number of aromatic nitrogens is 4. The number of hydrogen-bond donors (Lipinski definition) is 4. The second-order valence-corrected chi connectivity index (χ2v) is 16.2. The number of imidazole rings is 1. The van der Waals surface area contributed by atoms with E-state index in [1.165, 1.54) is 44.9 Å². The first kappa shape index (κ1) is 41.6. The fraction of sp³-hybridized carbons (Fsp3) is 0.548. The van der Waals surface area contributed by atoms with Crippen LogP contribution in [0.1, 0.15) is 89.2 Å². The van der Waals surface area contributed by atoms with Crippen LogP contribution in [0.25, 0.3) is 11.2 Å². The van der Waals surface area contributed by atoms with E-state index in [2.05, 4.69) is 30.5 Å². The van der Waals surface area contributed by atoms with Crippen LogP contribution in [0.4, 0.5) is 5.95 Å². The number of nitrogens with zero attached hydrogens (tertiary/aromatic N) is 3. The zero-order valence-electron chi connectivity index (χ0n) is 28.7. The molecule has 0 saturated carbocycles. The number of hydrogen-bond acceptors (Lipinski definition) is 14. The third kappa shape index (κ3) is 13.7. The molecule has 18 nitrogen and oxygen atoms in total. The first-order valence-corrected chi connectivity index (χ1v) is 21.0. The molecule has 1 aromatic carbocycles. The zero-order chi connectivity index (χ0) is 37.6. The number of esters is 1. The molecule has 2 aromatic heterocycles. The van der Waals surface area contributed by atoms with E-state index in [1.807, 2.05) is 0 Å². The molecule has 0 amide bonds. The first-order valence-electron chi connectivity index (χ1n) is 16.9. The van der Waals surface area contributed by atoms with Gasteiger partial charge in [0.15, 0.2) is 11.2 Å². The lowest BCUT2D eigenvalue weighted by Crippen LogP contribution is -2.19. The van der Waals surface area contributed by atoms with E-state index in [4.69, 9.17) is 24.3 Å². The third-order valence-corrected chi connectivity index (χ3v) is 11.8. The van der Waals surface area contributed by atoms with Crippen LogP contribution in [-0.2, 0) is 47.5 Å². The summed E-state index contributed by atoms with van der Waals surface area (Å²) >= 11 is 0. The van der Waals surface area contributed by atoms with E-state index in [-0.39, 0.29) is 29.7 Å². The van der Waals surface area contributed by atoms with Crippen LogP contribution in [-0.4, -0.2) is 48.7 Å². The van der Waals surface area contributed by atoms with Crippen molar-refractivity contribution in [1.82, 2.24) is 19.5 Å². The number of phosphoric ester groups is 1. The van der Waals surface area contributed by atoms with Crippen molar-refractivity contribution in [2.75, 3.05) is 19.1 Å². The van der Waals surface area contributed by atoms with Gasteiger partial charge in [0.2, 0.25) is 12.7 Å². The Morgan fingerprint density at radius 2 is 1.75 bits per heavy atom. The van der Waals surface area contributed by atoms with Gasteiger partial charge >= 0.3 is 29.9 Å². The maximum atomic E-state index is 12.5. The second-order valence-electron chi connectivity index (χ2n) is 12.1. The van der Waals surface area contributed by atoms with E-state index in [0.29, 0.717) is 24.2 Å². The number of unbranched alkanes of at least 4 members (excludes halogenated alkanes) is 8. The minimum absolute atomic E-state index is 0.0196. The molecule has 2 heterocycles. The largest absolute Gasteiger partial charge is 0.710 e. The highest BCUT2D eigenvalue weighted by atomic mass is 31.3. The number of allylic oxidation sites excluding steroid dienone is 1. The Labute approximate surface area is 301 Å². The van der Waals surface area contributed by atoms with Crippen molar-refractivity contribution in [3.8, 4) is 5.75 Å². The lowest BCUT2D eigenvalue weighted by atomic mass is 10.1. The highest BCUT2D eigenvalue weighted by Gasteiger charge is 2.45. The summed E-state index contributed by atoms with van der Waals surface area (Å²) in [4.78, 5) is 54.7. The molecule has 0 fully saturated rings. The first-order chi connectivity index (χ1) is 24.9. The molecule has 286 valence electrons. The molecule has 5 N–H and O–H groups in total. The van der Waals surface area contributed by atoms with Gasteiger partial charge in [0, 0.05) is 22.9 Å². The highest BCUT2D eigenvalue weighted by Crippen LogP contribution is 2.64. The SMILES string of the molecule is CCCCCCCCCCCC(=O)Oc1ccc(COCO[P+](=O)OP(=O)(O)OP(=O)(O)OC[C@@H]2C=CCC2n2cnc3c(=O)[nH]c(N)nc32)cc1. The van der Waals surface area contributed by atoms with E-state index >= 15 is 0 Å². The molecule has 0 spiro atoms. The number of phosphoric acid groups is 2. The molecule has 0 saturated heterocycles. The number of benzene rings is 1. The van der Waals surface area contributed by atoms with Crippen LogP contribution in [0.15, 0.2) is 47.5 Å². The van der Waals surface area contributed by atoms with Gasteiger partial charge in [-0.05, 0) is 34.8 Å². The number of carbonyl (C=O) groups excluding carboxylic acids is 1. The maximum Gasteiger partial charge on any atom is 0.710 e. The van der Waals surface area contributed by atoms with Crippen LogP contribution in [0.3, 0.4) is 0 Å². The van der Waals surface area contributed by atoms with Crippen molar-refractivity contribution in [1.29, 1.82) is 0 Å². The van der Waals surface area contributed by atoms with Gasteiger partial charge in [-0.2, -0.15) is 9.29 Å². The van der Waals surface area contributed by atoms with Gasteiger partial charge in [-0.1, -0.05) is 87.1 Å². The van der Waals surface area contributed by atoms with Crippen molar-refractivity contribution in [2.24, 2.45) is 5.92 Å². The minimum atomic E-state index is -5.42. The van der Waals surface area contributed by atoms with Gasteiger partial charge < -0.3 is 24.7 Å². The zero-order valence-corrected chi connectivity index (χ0v) is 31.4. The molecular formula is C31H45N5O13P3+. The number of fused-ring (bicyclic) bond motifs is 1. The topological polar surface area (TPSA) is 254 Å². The molecular weight excluding hydrogens is 743 g/mol. The molecule has 4 unspecified atom stereocenters. The van der Waals surface area contributed by atoms with Crippen molar-refractivity contribution >= 4 is 47.0 Å². The van der Waals surface area contributed by atoms with Crippen molar-refractivity contribution in [2.45, 2.75) is 90.2 Å². The molecule has 0 aliphatic heterocycles. The normalized spacial score (nSPS) is 18.3. The molecule has 21 heteroatoms. The number of anilines is 1. The summed E-state index contributed by atoms with van der Waals surface area (Å²) in [7, 11) is -14.0. The fourth-order valence-corrected chi connectivity index (χ4v) is 8.48. The van der Waals surface area contributed by atoms with E-state index in [9.17, 15) is 33.1 Å². The Morgan fingerprint density at radius 3 is 2.46 bits per heavy atom. The molecule has 1 aliphatic rings. The molecule has 5 atom stereocenters. The summed E-state index contributed by atoms with van der Waals surface area (Å²) in [5.74, 6) is -0.612. The van der Waals surface area contributed by atoms with Crippen LogP contribution in [0.5, 0.6) is 5.75 Å². The minimum Gasteiger partial charge on any atom is -0.427 e. The Bertz CT molecular complexity index is 1820. The molecule has 4 rings (SSSR count). The van der Waals surface area contributed by atoms with E-state index in [0.717, 1.165) is 19.3 Å². The molecule has 0 bridgehead atoms. The second kappa shape index (κ2) is 20.4. The number of nitrogen functional groups attached to an aromatic ring is 1. The summed E-state index contributed by atoms with van der Waals surface area (Å²) in [6, 6.07) is 6.06. The number of rotatable bonds is 24. The molecule has 52 heavy (non-hydrogen) atoms. The summed E-state index contributed by atoms with van der Waals surface area (Å²) in [6.07, 6.45) is 16.0. The number of aromatic amines is 1. The lowest BCUT2D eigenvalue weighted by molar-refractivity contribution is -0.134. The van der Waals surface area contributed by atoms with Crippen molar-refractivity contribution < 1.29 is 55.4 Å². The van der Waals surface area contributed by atoms with Gasteiger partial charge in [0.05, 0.1) is 19.5 Å². The number of nitrogens with two attached hydrogens (primary N) is 1. The summed E-state index contributed by atoms with van der Waals surface area (Å²) in [5, 5.41) is 0. The predicted octanol–water partition coefficient (Wildman–Crippen LogP) is 6.74. The molecule has 1 aliphatic carbocycles. The van der Waals surface area contributed by atoms with Crippen LogP contribution in [0, 0.1) is 5.92 Å². The summed E-state index contributed by atoms with van der Waals surface area (Å²) < 4.78 is 67.2. The van der Waals surface area contributed by atoms with Gasteiger partial charge in [-0.3, -0.25) is 24.0 Å². The van der Waals surface area contributed by atoms with Gasteiger partial charge in [0.1, 0.15) is 5.75 Å². The Morgan fingerprint density at radius 1 is 1.06 bits per heavy atom. The number of nitrogens with one attached hydrogen (secondary N) is 1. The quantitative estimate of drug-likeness (QED) is 0.0183. The summed E-state index contributed by atoms with van der Waals surface area (Å²) in [5.41, 5.74) is 6.01. The number of carbonyl (C=O) groups is 1. The average Bonchev–Trinajstić information content (AvgIpc) is 3.72. The van der Waals surface area contributed by atoms with Gasteiger partial charge in [0.25, 0.3) is 5.56 Å². The summed E-state index contributed by atoms with van der Waals surface area (Å²) in [6.45, 7) is 1.08. The van der Waals surface area contributed by atoms with Crippen LogP contribution in [0.2, 0.25) is 0 Å². The standard InChI is InChI=1S/C31H44N5O13P3/c1-2-3-4-5-6-7-8-9-10-14-27(37)47-25-17-15-23(16-18-25)19-44-22-45-50(39)48-52(42,43)49-51(40,41)46-20-24-12-11-13-26(24)36-21-33-28-29(36)34-31(32)35-30(28)38/h11-12,15-18,21,24,26H,2-10,13-14,19-20,22H2,1H3,(H4-,32,34,35,38,40,41,42,43)/p+1/t24-,26?/m0/s1. The van der Waals surface area contributed by atoms with Crippen LogP contribution < -0.4 is 16.0 Å². The third-order valence-electron chi connectivity index (χ3n) is 8.02. The molecule has 3 aromatic rings. The van der Waals surface area contributed by atoms with Crippen molar-refractivity contribution in [3.05, 3.63) is 58.7 Å². The average molecular weight is 789 g/mol. The van der Waals surface area contributed by atoms with Crippen molar-refractivity contribution in [3.63, 3.8) is 0 Å². The predicted molar refractivity (Wildman–Crippen MR) is 189 cm³/mol. The Balaban J connectivity index is 1.11. The monoisotopic (exact) mass is 788 g/mol. The number of ether oxygens (including phenoxy) is 2. The smallest absolute Gasteiger partial charge is 0.427 e. The lowest BCUT2D eigenvalue weighted by Gasteiger charge is -2.22. The Hall–Kier alpha value is -3.14. The van der Waals surface area contributed by atoms with Crippen LogP contribution >= 0.6 is 23.9 Å². The Kier molecular flexibility index (Phi) is 16.3. The number of H-pyrrole nitrogens is 1.